The zero-order valence-electron chi connectivity index (χ0n) is 19.6. The van der Waals surface area contributed by atoms with Crippen molar-refractivity contribution in [3.63, 3.8) is 0 Å². The highest BCUT2D eigenvalue weighted by Crippen LogP contribution is 2.51. The van der Waals surface area contributed by atoms with Crippen molar-refractivity contribution in [1.29, 1.82) is 5.26 Å². The van der Waals surface area contributed by atoms with E-state index in [2.05, 4.69) is 38.4 Å². The maximum Gasteiger partial charge on any atom is 0.259 e. The van der Waals surface area contributed by atoms with Gasteiger partial charge < -0.3 is 13.8 Å². The summed E-state index contributed by atoms with van der Waals surface area (Å²) in [5.41, 5.74) is 0.847. The number of alkyl halides is 1. The maximum atomic E-state index is 16.0. The van der Waals surface area contributed by atoms with Gasteiger partial charge in [0.1, 0.15) is 12.2 Å². The van der Waals surface area contributed by atoms with Crippen molar-refractivity contribution in [2.45, 2.75) is 84.0 Å². The Morgan fingerprint density at radius 1 is 1.12 bits per heavy atom. The molecular formula is C25H34FN2O3P. The van der Waals surface area contributed by atoms with Crippen LogP contribution in [0.2, 0.25) is 0 Å². The Kier molecular flexibility index (Phi) is 8.99. The van der Waals surface area contributed by atoms with Crippen LogP contribution in [0.5, 0.6) is 0 Å². The summed E-state index contributed by atoms with van der Waals surface area (Å²) in [7, 11) is -1.54. The first-order valence-corrected chi connectivity index (χ1v) is 12.5. The SMILES string of the molecule is CC[C@H]1O[C@@H](c2cccc3ccccc23)[C@H](F)[C@@H]1OP(OCCC#N)N(C(C)C)C(C)C. The number of ether oxygens (including phenoxy) is 1. The normalized spacial score (nSPS) is 24.5. The van der Waals surface area contributed by atoms with Gasteiger partial charge in [-0.2, -0.15) is 5.26 Å². The van der Waals surface area contributed by atoms with E-state index < -0.39 is 26.9 Å². The number of fused-ring (bicyclic) bond motifs is 1. The standard InChI is InChI=1S/C25H34FN2O3P/c1-6-22-25(31-32(29-16-10-15-27)28(17(2)3)18(4)5)23(26)24(30-22)21-14-9-12-19-11-7-8-13-20(19)21/h7-9,11-14,17-18,22-25H,6,10,16H2,1-5H3/t22-,23+,24+,25-,32?/m1/s1. The second-order valence-corrected chi connectivity index (χ2v) is 10.0. The average Bonchev–Trinajstić information content (AvgIpc) is 3.08. The summed E-state index contributed by atoms with van der Waals surface area (Å²) in [4.78, 5) is 0. The molecular weight excluding hydrogens is 426 g/mol. The number of hydrogen-bond donors (Lipinski definition) is 0. The summed E-state index contributed by atoms with van der Waals surface area (Å²) in [6.45, 7) is 10.5. The number of rotatable bonds is 10. The molecule has 0 aliphatic carbocycles. The zero-order valence-corrected chi connectivity index (χ0v) is 20.5. The summed E-state index contributed by atoms with van der Waals surface area (Å²) >= 11 is 0. The molecule has 1 fully saturated rings. The molecule has 7 heteroatoms. The Hall–Kier alpha value is -1.61. The van der Waals surface area contributed by atoms with Crippen LogP contribution in [0.25, 0.3) is 10.8 Å². The third-order valence-corrected chi connectivity index (χ3v) is 7.83. The highest BCUT2D eigenvalue weighted by Gasteiger charge is 2.48. The van der Waals surface area contributed by atoms with Gasteiger partial charge in [0.15, 0.2) is 6.17 Å². The largest absolute Gasteiger partial charge is 0.364 e. The van der Waals surface area contributed by atoms with E-state index in [-0.39, 0.29) is 31.2 Å². The third-order valence-electron chi connectivity index (χ3n) is 5.70. The molecule has 5 nitrogen and oxygen atoms in total. The van der Waals surface area contributed by atoms with Gasteiger partial charge in [-0.3, -0.25) is 0 Å². The minimum absolute atomic E-state index is 0.150. The molecule has 3 rings (SSSR count). The molecule has 0 spiro atoms. The molecule has 2 aromatic carbocycles. The lowest BCUT2D eigenvalue weighted by Crippen LogP contribution is -2.37. The molecule has 0 radical (unpaired) electrons. The molecule has 1 aliphatic rings. The Bertz CT molecular complexity index is 906. The van der Waals surface area contributed by atoms with E-state index in [1.807, 2.05) is 49.4 Å². The van der Waals surface area contributed by atoms with Crippen LogP contribution in [0.1, 0.15) is 59.1 Å². The minimum Gasteiger partial charge on any atom is -0.364 e. The molecule has 0 amide bonds. The van der Waals surface area contributed by atoms with Gasteiger partial charge in [-0.15, -0.1) is 0 Å². The lowest BCUT2D eigenvalue weighted by molar-refractivity contribution is 0.00951. The van der Waals surface area contributed by atoms with Gasteiger partial charge in [-0.25, -0.2) is 9.06 Å². The monoisotopic (exact) mass is 460 g/mol. The molecule has 0 bridgehead atoms. The molecule has 32 heavy (non-hydrogen) atoms. The molecule has 0 saturated carbocycles. The topological polar surface area (TPSA) is 54.7 Å². The van der Waals surface area contributed by atoms with Gasteiger partial charge in [0.05, 0.1) is 25.2 Å². The fourth-order valence-electron chi connectivity index (χ4n) is 4.31. The van der Waals surface area contributed by atoms with E-state index in [0.29, 0.717) is 6.42 Å². The highest BCUT2D eigenvalue weighted by atomic mass is 31.2. The first-order chi connectivity index (χ1) is 15.4. The summed E-state index contributed by atoms with van der Waals surface area (Å²) in [5.74, 6) is 0. The Balaban J connectivity index is 1.88. The number of hydrogen-bond acceptors (Lipinski definition) is 5. The van der Waals surface area contributed by atoms with Gasteiger partial charge in [-0.1, -0.05) is 49.4 Å². The van der Waals surface area contributed by atoms with E-state index in [1.165, 1.54) is 0 Å². The van der Waals surface area contributed by atoms with Crippen LogP contribution < -0.4 is 0 Å². The molecule has 0 N–H and O–H groups in total. The molecule has 2 aromatic rings. The van der Waals surface area contributed by atoms with E-state index in [1.54, 1.807) is 0 Å². The van der Waals surface area contributed by atoms with Gasteiger partial charge in [-0.05, 0) is 50.5 Å². The van der Waals surface area contributed by atoms with Gasteiger partial charge in [0.25, 0.3) is 8.53 Å². The van der Waals surface area contributed by atoms with E-state index >= 15 is 4.39 Å². The van der Waals surface area contributed by atoms with Gasteiger partial charge >= 0.3 is 0 Å². The molecule has 1 aliphatic heterocycles. The van der Waals surface area contributed by atoms with Crippen LogP contribution in [0.15, 0.2) is 42.5 Å². The quantitative estimate of drug-likeness (QED) is 0.292. The van der Waals surface area contributed by atoms with Crippen LogP contribution in [0.3, 0.4) is 0 Å². The van der Waals surface area contributed by atoms with Crippen molar-refractivity contribution in [3.05, 3.63) is 48.0 Å². The molecule has 5 atom stereocenters. The lowest BCUT2D eigenvalue weighted by Gasteiger charge is -2.37. The van der Waals surface area contributed by atoms with Crippen LogP contribution in [-0.2, 0) is 13.8 Å². The van der Waals surface area contributed by atoms with Crippen molar-refractivity contribution >= 4 is 19.3 Å². The summed E-state index contributed by atoms with van der Waals surface area (Å²) < 4.78 is 36.7. The van der Waals surface area contributed by atoms with Crippen molar-refractivity contribution in [1.82, 2.24) is 4.67 Å². The van der Waals surface area contributed by atoms with Crippen LogP contribution in [-0.4, -0.2) is 41.7 Å². The fraction of sp³-hybridized carbons (Fsp3) is 0.560. The van der Waals surface area contributed by atoms with Crippen LogP contribution in [0, 0.1) is 11.3 Å². The number of nitrogens with zero attached hydrogens (tertiary/aromatic N) is 2. The third kappa shape index (κ3) is 5.47. The molecule has 0 aromatic heterocycles. The number of halogens is 1. The van der Waals surface area contributed by atoms with Crippen molar-refractivity contribution < 1.29 is 18.2 Å². The van der Waals surface area contributed by atoms with E-state index in [4.69, 9.17) is 19.0 Å². The van der Waals surface area contributed by atoms with E-state index in [0.717, 1.165) is 16.3 Å². The minimum atomic E-state index is -1.54. The summed E-state index contributed by atoms with van der Waals surface area (Å²) in [6.07, 6.45) is -2.23. The average molecular weight is 461 g/mol. The zero-order chi connectivity index (χ0) is 23.3. The Morgan fingerprint density at radius 2 is 1.81 bits per heavy atom. The second kappa shape index (κ2) is 11.5. The Morgan fingerprint density at radius 3 is 2.47 bits per heavy atom. The van der Waals surface area contributed by atoms with E-state index in [9.17, 15) is 0 Å². The lowest BCUT2D eigenvalue weighted by atomic mass is 9.96. The van der Waals surface area contributed by atoms with Crippen molar-refractivity contribution in [2.24, 2.45) is 0 Å². The first-order valence-electron chi connectivity index (χ1n) is 11.4. The smallest absolute Gasteiger partial charge is 0.259 e. The maximum absolute atomic E-state index is 16.0. The van der Waals surface area contributed by atoms with Gasteiger partial charge in [0.2, 0.25) is 0 Å². The van der Waals surface area contributed by atoms with Gasteiger partial charge in [0, 0.05) is 12.1 Å². The van der Waals surface area contributed by atoms with Crippen molar-refractivity contribution in [3.8, 4) is 6.07 Å². The predicted octanol–water partition coefficient (Wildman–Crippen LogP) is 6.69. The number of benzene rings is 2. The van der Waals surface area contributed by atoms with Crippen LogP contribution >= 0.6 is 8.53 Å². The summed E-state index contributed by atoms with van der Waals surface area (Å²) in [5, 5.41) is 11.0. The highest BCUT2D eigenvalue weighted by molar-refractivity contribution is 7.44. The molecule has 1 saturated heterocycles. The molecule has 1 unspecified atom stereocenters. The van der Waals surface area contributed by atoms with Crippen molar-refractivity contribution in [2.75, 3.05) is 6.61 Å². The fourth-order valence-corrected chi connectivity index (χ4v) is 6.08. The Labute approximate surface area is 192 Å². The predicted molar refractivity (Wildman–Crippen MR) is 127 cm³/mol. The molecule has 1 heterocycles. The number of nitriles is 1. The summed E-state index contributed by atoms with van der Waals surface area (Å²) in [6, 6.07) is 16.3. The second-order valence-electron chi connectivity index (χ2n) is 8.63. The van der Waals surface area contributed by atoms with Crippen LogP contribution in [0.4, 0.5) is 4.39 Å². The molecule has 174 valence electrons. The first kappa shape index (κ1) is 25.0.